The summed E-state index contributed by atoms with van der Waals surface area (Å²) < 4.78 is 4.56. The predicted molar refractivity (Wildman–Crippen MR) is 133 cm³/mol. The smallest absolute Gasteiger partial charge is 0.330 e. The van der Waals surface area contributed by atoms with Crippen molar-refractivity contribution in [2.75, 3.05) is 7.11 Å². The maximum absolute atomic E-state index is 11.3. The first-order valence-electron chi connectivity index (χ1n) is 11.1. The van der Waals surface area contributed by atoms with E-state index in [1.807, 2.05) is 83.2 Å². The number of methoxy groups -OCH3 is 1. The maximum Gasteiger partial charge on any atom is 0.330 e. The first-order valence-corrected chi connectivity index (χ1v) is 11.1. The number of esters is 1. The Balaban J connectivity index is 2.76. The lowest BCUT2D eigenvalue weighted by Gasteiger charge is -2.53. The van der Waals surface area contributed by atoms with E-state index in [9.17, 15) is 15.0 Å². The number of carbonyl (C=O) groups excluding carboxylic acids is 1. The lowest BCUT2D eigenvalue weighted by molar-refractivity contribution is -0.194. The normalized spacial score (nSPS) is 27.8. The molecule has 0 aliphatic heterocycles. The first-order chi connectivity index (χ1) is 14.8. The fourth-order valence-electron chi connectivity index (χ4n) is 3.84. The minimum absolute atomic E-state index is 0.372. The van der Waals surface area contributed by atoms with Crippen LogP contribution < -0.4 is 0 Å². The van der Waals surface area contributed by atoms with Crippen LogP contribution in [0.1, 0.15) is 60.8 Å². The van der Waals surface area contributed by atoms with Gasteiger partial charge in [-0.2, -0.15) is 0 Å². The molecule has 0 heterocycles. The molecule has 1 saturated carbocycles. The summed E-state index contributed by atoms with van der Waals surface area (Å²) in [6.45, 7) is 11.6. The van der Waals surface area contributed by atoms with Crippen molar-refractivity contribution in [1.29, 1.82) is 0 Å². The van der Waals surface area contributed by atoms with Crippen LogP contribution in [-0.2, 0) is 9.53 Å². The van der Waals surface area contributed by atoms with Crippen LogP contribution in [-0.4, -0.2) is 34.5 Å². The Morgan fingerprint density at radius 1 is 0.781 bits per heavy atom. The van der Waals surface area contributed by atoms with Crippen molar-refractivity contribution in [3.05, 3.63) is 83.6 Å². The number of aliphatic hydroxyl groups is 2. The average Bonchev–Trinajstić information content (AvgIpc) is 2.71. The summed E-state index contributed by atoms with van der Waals surface area (Å²) in [5, 5.41) is 22.1. The van der Waals surface area contributed by atoms with Gasteiger partial charge < -0.3 is 14.9 Å². The van der Waals surface area contributed by atoms with Crippen molar-refractivity contribution in [1.82, 2.24) is 0 Å². The first kappa shape index (κ1) is 27.6. The van der Waals surface area contributed by atoms with Crippen LogP contribution >= 0.6 is 0 Å². The van der Waals surface area contributed by atoms with Gasteiger partial charge in [-0.1, -0.05) is 85.3 Å². The van der Waals surface area contributed by atoms with E-state index in [1.54, 1.807) is 19.1 Å². The largest absolute Gasteiger partial charge is 0.466 e. The van der Waals surface area contributed by atoms with Crippen LogP contribution in [0.5, 0.6) is 0 Å². The van der Waals surface area contributed by atoms with E-state index in [1.165, 1.54) is 13.2 Å². The fraction of sp³-hybridized carbons (Fsp3) is 0.464. The Hall–Kier alpha value is -2.43. The number of hydrogen-bond acceptors (Lipinski definition) is 4. The zero-order valence-electron chi connectivity index (χ0n) is 20.7. The van der Waals surface area contributed by atoms with Crippen molar-refractivity contribution in [2.24, 2.45) is 5.41 Å². The molecule has 4 heteroatoms. The highest BCUT2D eigenvalue weighted by molar-refractivity contribution is 5.82. The molecule has 4 nitrogen and oxygen atoms in total. The number of ether oxygens (including phenoxy) is 1. The van der Waals surface area contributed by atoms with Gasteiger partial charge in [-0.05, 0) is 58.4 Å². The Labute approximate surface area is 194 Å². The second-order valence-electron chi connectivity index (χ2n) is 9.44. The van der Waals surface area contributed by atoms with E-state index in [4.69, 9.17) is 0 Å². The van der Waals surface area contributed by atoms with E-state index in [-0.39, 0.29) is 5.97 Å². The highest BCUT2D eigenvalue weighted by Gasteiger charge is 2.56. The molecule has 32 heavy (non-hydrogen) atoms. The molecule has 2 atom stereocenters. The van der Waals surface area contributed by atoms with E-state index >= 15 is 0 Å². The summed E-state index contributed by atoms with van der Waals surface area (Å²) in [5.41, 5.74) is 0.214. The Kier molecular flexibility index (Phi) is 10.3. The van der Waals surface area contributed by atoms with Gasteiger partial charge in [-0.3, -0.25) is 0 Å². The van der Waals surface area contributed by atoms with Crippen LogP contribution in [0, 0.1) is 5.41 Å². The quantitative estimate of drug-likeness (QED) is 0.279. The molecule has 0 aromatic carbocycles. The molecular weight excluding hydrogens is 400 g/mol. The molecule has 0 aromatic rings. The SMILES string of the molecule is COC(=O)/C=C/C(C)=C/C=C/C=C(C)/C=C/C=C(C)/C=C/C1(O)C(C)(C)CCCC1(C)O. The summed E-state index contributed by atoms with van der Waals surface area (Å²) in [7, 11) is 1.35. The predicted octanol–water partition coefficient (Wildman–Crippen LogP) is 5.92. The number of allylic oxidation sites excluding steroid dienone is 12. The van der Waals surface area contributed by atoms with Gasteiger partial charge in [-0.15, -0.1) is 0 Å². The van der Waals surface area contributed by atoms with Crippen LogP contribution in [0.25, 0.3) is 0 Å². The van der Waals surface area contributed by atoms with Crippen molar-refractivity contribution < 1.29 is 19.7 Å². The van der Waals surface area contributed by atoms with Crippen molar-refractivity contribution in [3.8, 4) is 0 Å². The van der Waals surface area contributed by atoms with Crippen molar-refractivity contribution >= 4 is 5.97 Å². The highest BCUT2D eigenvalue weighted by atomic mass is 16.5. The molecule has 0 spiro atoms. The van der Waals surface area contributed by atoms with Gasteiger partial charge in [-0.25, -0.2) is 4.79 Å². The molecule has 0 bridgehead atoms. The Morgan fingerprint density at radius 3 is 1.88 bits per heavy atom. The van der Waals surface area contributed by atoms with Gasteiger partial charge in [0.05, 0.1) is 12.7 Å². The summed E-state index contributed by atoms with van der Waals surface area (Å²) in [5.74, 6) is -0.372. The molecule has 1 rings (SSSR count). The standard InChI is InChI=1S/C28H40O4/c1-22(12-8-9-13-23(2)16-17-25(29)32-7)14-10-15-24(3)18-21-28(31)26(4,5)19-11-20-27(28,6)30/h8-10,12-18,21,30-31H,11,19-20H2,1-7H3/b9-8+,14-10+,17-16+,21-18+,22-12+,23-13+,24-15+. The van der Waals surface area contributed by atoms with E-state index < -0.39 is 16.6 Å². The van der Waals surface area contributed by atoms with Crippen LogP contribution in [0.15, 0.2) is 83.6 Å². The molecule has 2 unspecified atom stereocenters. The van der Waals surface area contributed by atoms with Gasteiger partial charge in [0.2, 0.25) is 0 Å². The average molecular weight is 441 g/mol. The monoisotopic (exact) mass is 440 g/mol. The van der Waals surface area contributed by atoms with Crippen molar-refractivity contribution in [2.45, 2.75) is 72.0 Å². The Bertz CT molecular complexity index is 842. The minimum Gasteiger partial charge on any atom is -0.466 e. The number of hydrogen-bond donors (Lipinski definition) is 2. The van der Waals surface area contributed by atoms with E-state index in [0.29, 0.717) is 6.42 Å². The Morgan fingerprint density at radius 2 is 1.31 bits per heavy atom. The van der Waals surface area contributed by atoms with Gasteiger partial charge in [0.25, 0.3) is 0 Å². The van der Waals surface area contributed by atoms with E-state index in [2.05, 4.69) is 4.74 Å². The molecule has 1 aliphatic carbocycles. The van der Waals surface area contributed by atoms with Crippen LogP contribution in [0.3, 0.4) is 0 Å². The molecule has 1 fully saturated rings. The molecule has 0 amide bonds. The number of rotatable bonds is 8. The van der Waals surface area contributed by atoms with Crippen LogP contribution in [0.2, 0.25) is 0 Å². The molecular formula is C28H40O4. The summed E-state index contributed by atoms with van der Waals surface area (Å²) >= 11 is 0. The third kappa shape index (κ3) is 7.92. The zero-order valence-corrected chi connectivity index (χ0v) is 20.7. The molecule has 0 saturated heterocycles. The lowest BCUT2D eigenvalue weighted by atomic mass is 9.58. The fourth-order valence-corrected chi connectivity index (χ4v) is 3.84. The second-order valence-corrected chi connectivity index (χ2v) is 9.44. The summed E-state index contributed by atoms with van der Waals surface area (Å²) in [6, 6.07) is 0. The molecule has 2 N–H and O–H groups in total. The van der Waals surface area contributed by atoms with E-state index in [0.717, 1.165) is 29.6 Å². The highest BCUT2D eigenvalue weighted by Crippen LogP contribution is 2.50. The minimum atomic E-state index is -1.27. The van der Waals surface area contributed by atoms with Crippen molar-refractivity contribution in [3.63, 3.8) is 0 Å². The third-order valence-corrected chi connectivity index (χ3v) is 6.14. The molecule has 0 radical (unpaired) electrons. The lowest BCUT2D eigenvalue weighted by Crippen LogP contribution is -2.62. The topological polar surface area (TPSA) is 66.8 Å². The number of carbonyl (C=O) groups is 1. The van der Waals surface area contributed by atoms with Gasteiger partial charge in [0, 0.05) is 6.08 Å². The maximum atomic E-state index is 11.3. The zero-order chi connectivity index (χ0) is 24.4. The van der Waals surface area contributed by atoms with Gasteiger partial charge >= 0.3 is 5.97 Å². The summed E-state index contributed by atoms with van der Waals surface area (Å²) in [4.78, 5) is 11.1. The molecule has 1 aliphatic rings. The molecule has 0 aromatic heterocycles. The van der Waals surface area contributed by atoms with Crippen LogP contribution in [0.4, 0.5) is 0 Å². The third-order valence-electron chi connectivity index (χ3n) is 6.14. The molecule has 176 valence electrons. The second kappa shape index (κ2) is 12.0. The van der Waals surface area contributed by atoms with Gasteiger partial charge in [0.1, 0.15) is 5.60 Å². The summed E-state index contributed by atoms with van der Waals surface area (Å²) in [6.07, 6.45) is 22.8. The van der Waals surface area contributed by atoms with Gasteiger partial charge in [0.15, 0.2) is 0 Å².